The maximum Gasteiger partial charge on any atom is 0.409 e. The summed E-state index contributed by atoms with van der Waals surface area (Å²) in [5, 5.41) is 5.08. The van der Waals surface area contributed by atoms with Crippen molar-refractivity contribution in [3.63, 3.8) is 0 Å². The van der Waals surface area contributed by atoms with Crippen molar-refractivity contribution in [3.8, 4) is 11.6 Å². The summed E-state index contributed by atoms with van der Waals surface area (Å²) >= 11 is 16.9. The number of amides is 1. The molecule has 2 aromatic heterocycles. The van der Waals surface area contributed by atoms with Gasteiger partial charge in [0.05, 0.1) is 17.1 Å². The number of carbonyl (C=O) groups excluding carboxylic acids is 1. The molecule has 34 heavy (non-hydrogen) atoms. The minimum absolute atomic E-state index is 0.00603. The molecule has 0 N–H and O–H groups in total. The number of benzene rings is 1. The predicted octanol–water partition coefficient (Wildman–Crippen LogP) is 4.17. The molecule has 0 unspecified atom stereocenters. The van der Waals surface area contributed by atoms with Gasteiger partial charge in [-0.25, -0.2) is 27.9 Å². The highest BCUT2D eigenvalue weighted by Crippen LogP contribution is 2.31. The monoisotopic (exact) mass is 547 g/mol. The molecule has 182 valence electrons. The number of carbonyl (C=O) groups is 1. The van der Waals surface area contributed by atoms with E-state index in [2.05, 4.69) is 15.1 Å². The Morgan fingerprint density at radius 1 is 1.15 bits per heavy atom. The van der Waals surface area contributed by atoms with E-state index in [-0.39, 0.29) is 17.5 Å². The second-order valence-electron chi connectivity index (χ2n) is 7.74. The summed E-state index contributed by atoms with van der Waals surface area (Å²) < 4.78 is 34.3. The Morgan fingerprint density at radius 3 is 2.44 bits per heavy atom. The highest BCUT2D eigenvalue weighted by molar-refractivity contribution is 7.90. The highest BCUT2D eigenvalue weighted by atomic mass is 35.6. The van der Waals surface area contributed by atoms with Gasteiger partial charge >= 0.3 is 6.09 Å². The zero-order chi connectivity index (χ0) is 24.5. The van der Waals surface area contributed by atoms with Gasteiger partial charge in [-0.1, -0.05) is 34.8 Å². The molecule has 3 heterocycles. The van der Waals surface area contributed by atoms with Crippen LogP contribution in [0.3, 0.4) is 0 Å². The lowest BCUT2D eigenvalue weighted by molar-refractivity contribution is 0.0893. The zero-order valence-corrected chi connectivity index (χ0v) is 21.0. The first-order chi connectivity index (χ1) is 16.0. The van der Waals surface area contributed by atoms with Crippen LogP contribution in [0.2, 0.25) is 0 Å². The van der Waals surface area contributed by atoms with Crippen LogP contribution >= 0.6 is 34.8 Å². The van der Waals surface area contributed by atoms with Crippen molar-refractivity contribution in [1.29, 1.82) is 0 Å². The van der Waals surface area contributed by atoms with Crippen LogP contribution in [-0.2, 0) is 14.6 Å². The largest absolute Gasteiger partial charge is 0.445 e. The minimum atomic E-state index is -3.30. The molecule has 3 aromatic rings. The van der Waals surface area contributed by atoms with Gasteiger partial charge in [-0.3, -0.25) is 0 Å². The van der Waals surface area contributed by atoms with Crippen LogP contribution < -0.4 is 4.74 Å². The summed E-state index contributed by atoms with van der Waals surface area (Å²) in [6.45, 7) is 0.578. The third-order valence-corrected chi connectivity index (χ3v) is 6.70. The van der Waals surface area contributed by atoms with E-state index in [0.717, 1.165) is 6.26 Å². The molecule has 1 fully saturated rings. The molecule has 1 aliphatic rings. The number of sulfone groups is 1. The van der Waals surface area contributed by atoms with E-state index in [0.29, 0.717) is 48.6 Å². The Balaban J connectivity index is 1.45. The molecule has 1 aromatic carbocycles. The molecule has 4 rings (SSSR count). The minimum Gasteiger partial charge on any atom is -0.445 e. The van der Waals surface area contributed by atoms with Gasteiger partial charge in [0.15, 0.2) is 15.5 Å². The first-order valence-corrected chi connectivity index (χ1v) is 13.2. The third kappa shape index (κ3) is 5.83. The Bertz CT molecular complexity index is 1290. The molecule has 10 nitrogen and oxygen atoms in total. The first-order valence-electron chi connectivity index (χ1n) is 10.2. The highest BCUT2D eigenvalue weighted by Gasteiger charge is 2.29. The van der Waals surface area contributed by atoms with Crippen molar-refractivity contribution in [2.75, 3.05) is 26.0 Å². The molecule has 14 heteroatoms. The van der Waals surface area contributed by atoms with Gasteiger partial charge in [-0.05, 0) is 37.1 Å². The number of aromatic nitrogens is 4. The number of rotatable bonds is 5. The zero-order valence-electron chi connectivity index (χ0n) is 17.9. The summed E-state index contributed by atoms with van der Waals surface area (Å²) in [6.07, 6.45) is 4.87. The Kier molecular flexibility index (Phi) is 7.09. The van der Waals surface area contributed by atoms with Gasteiger partial charge < -0.3 is 14.4 Å². The number of piperidine rings is 1. The molecule has 0 saturated carbocycles. The summed E-state index contributed by atoms with van der Waals surface area (Å²) in [5.41, 5.74) is 0.593. The lowest BCUT2D eigenvalue weighted by atomic mass is 10.1. The van der Waals surface area contributed by atoms with Crippen LogP contribution in [0.25, 0.3) is 11.0 Å². The van der Waals surface area contributed by atoms with Crippen molar-refractivity contribution in [3.05, 3.63) is 36.8 Å². The summed E-state index contributed by atoms with van der Waals surface area (Å²) in [4.78, 5) is 22.5. The molecule has 0 bridgehead atoms. The van der Waals surface area contributed by atoms with Gasteiger partial charge in [-0.15, -0.1) is 0 Å². The average molecular weight is 549 g/mol. The number of halogens is 3. The van der Waals surface area contributed by atoms with E-state index in [1.54, 1.807) is 27.9 Å². The number of fused-ring (bicyclic) bond motifs is 1. The van der Waals surface area contributed by atoms with Crippen LogP contribution in [-0.4, -0.2) is 68.9 Å². The fourth-order valence-electron chi connectivity index (χ4n) is 3.58. The Hall–Kier alpha value is -2.34. The second kappa shape index (κ2) is 9.73. The van der Waals surface area contributed by atoms with Crippen LogP contribution in [0, 0.1) is 0 Å². The number of likely N-dealkylation sites (tertiary alicyclic amines) is 1. The maximum absolute atomic E-state index is 12.2. The number of hydrogen-bond donors (Lipinski definition) is 0. The lowest BCUT2D eigenvalue weighted by Crippen LogP contribution is -2.40. The first kappa shape index (κ1) is 24.8. The molecule has 1 saturated heterocycles. The molecular weight excluding hydrogens is 529 g/mol. The standard InChI is InChI=1S/C20H20Cl3N5O5S/c1-34(30,31)15-4-2-14(3-5-15)33-18-16-10-26-28(17(16)24-12-25-18)13-6-8-27(9-7-13)19(29)32-11-20(21,22)23/h2-5,10,12-13H,6-9,11H2,1H3. The number of ether oxygens (including phenoxy) is 2. The molecule has 0 spiro atoms. The van der Waals surface area contributed by atoms with E-state index in [9.17, 15) is 13.2 Å². The summed E-state index contributed by atoms with van der Waals surface area (Å²) in [6, 6.07) is 6.07. The lowest BCUT2D eigenvalue weighted by Gasteiger charge is -2.31. The molecule has 1 amide bonds. The third-order valence-electron chi connectivity index (χ3n) is 5.25. The van der Waals surface area contributed by atoms with Crippen molar-refractivity contribution < 1.29 is 22.7 Å². The summed E-state index contributed by atoms with van der Waals surface area (Å²) in [7, 11) is -3.30. The predicted molar refractivity (Wildman–Crippen MR) is 126 cm³/mol. The average Bonchev–Trinajstić information content (AvgIpc) is 3.22. The Labute approximate surface area is 210 Å². The normalized spacial score (nSPS) is 15.5. The van der Waals surface area contributed by atoms with Crippen LogP contribution in [0.15, 0.2) is 41.7 Å². The van der Waals surface area contributed by atoms with Crippen LogP contribution in [0.1, 0.15) is 18.9 Å². The van der Waals surface area contributed by atoms with Crippen molar-refractivity contribution in [2.45, 2.75) is 27.6 Å². The molecule has 1 aliphatic heterocycles. The van der Waals surface area contributed by atoms with E-state index >= 15 is 0 Å². The smallest absolute Gasteiger partial charge is 0.409 e. The fraction of sp³-hybridized carbons (Fsp3) is 0.400. The van der Waals surface area contributed by atoms with Gasteiger partial charge in [0.1, 0.15) is 24.1 Å². The van der Waals surface area contributed by atoms with E-state index in [1.807, 2.05) is 0 Å². The maximum atomic E-state index is 12.2. The number of alkyl halides is 3. The van der Waals surface area contributed by atoms with Gasteiger partial charge in [-0.2, -0.15) is 5.10 Å². The number of nitrogens with zero attached hydrogens (tertiary/aromatic N) is 5. The topological polar surface area (TPSA) is 117 Å². The number of hydrogen-bond acceptors (Lipinski definition) is 8. The van der Waals surface area contributed by atoms with Gasteiger partial charge in [0.2, 0.25) is 9.67 Å². The van der Waals surface area contributed by atoms with E-state index < -0.39 is 19.7 Å². The van der Waals surface area contributed by atoms with Gasteiger partial charge in [0, 0.05) is 19.3 Å². The molecule has 0 radical (unpaired) electrons. The SMILES string of the molecule is CS(=O)(=O)c1ccc(Oc2ncnc3c2cnn3C2CCN(C(=O)OCC(Cl)(Cl)Cl)CC2)cc1. The molecule has 0 aliphatic carbocycles. The quantitative estimate of drug-likeness (QED) is 0.436. The molecular formula is C20H20Cl3N5O5S. The van der Waals surface area contributed by atoms with Crippen LogP contribution in [0.4, 0.5) is 4.79 Å². The van der Waals surface area contributed by atoms with Crippen LogP contribution in [0.5, 0.6) is 11.6 Å². The van der Waals surface area contributed by atoms with Crippen molar-refractivity contribution in [1.82, 2.24) is 24.6 Å². The van der Waals surface area contributed by atoms with Crippen molar-refractivity contribution >= 4 is 61.8 Å². The van der Waals surface area contributed by atoms with E-state index in [1.165, 1.54) is 18.5 Å². The molecule has 0 atom stereocenters. The van der Waals surface area contributed by atoms with Crippen molar-refractivity contribution in [2.24, 2.45) is 0 Å². The van der Waals surface area contributed by atoms with E-state index in [4.69, 9.17) is 44.3 Å². The summed E-state index contributed by atoms with van der Waals surface area (Å²) in [5.74, 6) is 0.734. The Morgan fingerprint density at radius 2 is 1.82 bits per heavy atom. The fourth-order valence-corrected chi connectivity index (χ4v) is 4.38. The van der Waals surface area contributed by atoms with Gasteiger partial charge in [0.25, 0.3) is 0 Å². The second-order valence-corrected chi connectivity index (χ2v) is 12.3.